The van der Waals surface area contributed by atoms with Crippen LogP contribution in [0, 0.1) is 5.92 Å². The summed E-state index contributed by atoms with van der Waals surface area (Å²) in [5.74, 6) is -0.308. The molecule has 0 spiro atoms. The average Bonchev–Trinajstić information content (AvgIpc) is 2.92. The maximum absolute atomic E-state index is 12.3. The van der Waals surface area contributed by atoms with Gasteiger partial charge in [0, 0.05) is 13.6 Å². The molecule has 0 atom stereocenters. The van der Waals surface area contributed by atoms with Crippen LogP contribution in [0.5, 0.6) is 0 Å². The van der Waals surface area contributed by atoms with Gasteiger partial charge in [-0.15, -0.1) is 0 Å². The highest BCUT2D eigenvalue weighted by Crippen LogP contribution is 2.29. The van der Waals surface area contributed by atoms with Crippen molar-refractivity contribution in [2.75, 3.05) is 13.6 Å². The molecule has 0 aromatic carbocycles. The Hall–Kier alpha value is -1.26. The van der Waals surface area contributed by atoms with Crippen molar-refractivity contribution >= 4 is 12.0 Å². The predicted octanol–water partition coefficient (Wildman–Crippen LogP) is 2.61. The van der Waals surface area contributed by atoms with Gasteiger partial charge in [0.1, 0.15) is 5.54 Å². The predicted molar refractivity (Wildman–Crippen MR) is 76.6 cm³/mol. The molecule has 5 heteroatoms. The number of carboxylic acid groups (broad SMARTS) is 1. The Labute approximate surface area is 120 Å². The minimum Gasteiger partial charge on any atom is -0.480 e. The molecule has 2 aliphatic rings. The summed E-state index contributed by atoms with van der Waals surface area (Å²) < 4.78 is 0. The fourth-order valence-electron chi connectivity index (χ4n) is 3.51. The van der Waals surface area contributed by atoms with E-state index in [4.69, 9.17) is 0 Å². The SMILES string of the molecule is CN(CC1CCCC1)C(=O)NC1(C(=O)O)CCCCC1. The van der Waals surface area contributed by atoms with E-state index in [2.05, 4.69) is 5.32 Å². The number of carbonyl (C=O) groups is 2. The molecule has 2 saturated carbocycles. The zero-order chi connectivity index (χ0) is 14.6. The Morgan fingerprint density at radius 2 is 1.75 bits per heavy atom. The Morgan fingerprint density at radius 3 is 2.30 bits per heavy atom. The Morgan fingerprint density at radius 1 is 1.15 bits per heavy atom. The number of nitrogens with one attached hydrogen (secondary N) is 1. The molecule has 0 aliphatic heterocycles. The topological polar surface area (TPSA) is 69.6 Å². The molecule has 0 saturated heterocycles. The summed E-state index contributed by atoms with van der Waals surface area (Å²) in [5.41, 5.74) is -1.04. The number of carbonyl (C=O) groups excluding carboxylic acids is 1. The van der Waals surface area contributed by atoms with Crippen molar-refractivity contribution in [1.29, 1.82) is 0 Å². The molecular formula is C15H26N2O3. The summed E-state index contributed by atoms with van der Waals surface area (Å²) in [6.45, 7) is 0.738. The number of nitrogens with zero attached hydrogens (tertiary/aromatic N) is 1. The van der Waals surface area contributed by atoms with Gasteiger partial charge in [-0.05, 0) is 31.6 Å². The van der Waals surface area contributed by atoms with Gasteiger partial charge in [-0.2, -0.15) is 0 Å². The number of hydrogen-bond donors (Lipinski definition) is 2. The third kappa shape index (κ3) is 3.44. The van der Waals surface area contributed by atoms with E-state index in [0.29, 0.717) is 18.8 Å². The number of amides is 2. The lowest BCUT2D eigenvalue weighted by Gasteiger charge is -2.35. The molecule has 2 fully saturated rings. The number of aliphatic carboxylic acids is 1. The molecule has 0 radical (unpaired) electrons. The quantitative estimate of drug-likeness (QED) is 0.832. The van der Waals surface area contributed by atoms with Gasteiger partial charge in [0.15, 0.2) is 0 Å². The normalized spacial score (nSPS) is 22.4. The second-order valence-electron chi connectivity index (χ2n) is 6.41. The van der Waals surface area contributed by atoms with Gasteiger partial charge in [-0.3, -0.25) is 0 Å². The van der Waals surface area contributed by atoms with Gasteiger partial charge in [0.25, 0.3) is 0 Å². The third-order valence-corrected chi connectivity index (χ3v) is 4.82. The van der Waals surface area contributed by atoms with Crippen molar-refractivity contribution in [3.05, 3.63) is 0 Å². The van der Waals surface area contributed by atoms with Crippen molar-refractivity contribution in [1.82, 2.24) is 10.2 Å². The maximum Gasteiger partial charge on any atom is 0.329 e. The van der Waals surface area contributed by atoms with Crippen molar-refractivity contribution < 1.29 is 14.7 Å². The van der Waals surface area contributed by atoms with Gasteiger partial charge < -0.3 is 15.3 Å². The molecular weight excluding hydrogens is 256 g/mol. The van der Waals surface area contributed by atoms with E-state index in [1.165, 1.54) is 25.7 Å². The Kier molecular flexibility index (Phi) is 4.89. The van der Waals surface area contributed by atoms with Gasteiger partial charge in [-0.25, -0.2) is 9.59 Å². The van der Waals surface area contributed by atoms with Crippen molar-refractivity contribution in [2.24, 2.45) is 5.92 Å². The van der Waals surface area contributed by atoms with E-state index < -0.39 is 11.5 Å². The lowest BCUT2D eigenvalue weighted by molar-refractivity contribution is -0.145. The lowest BCUT2D eigenvalue weighted by Crippen LogP contribution is -2.58. The highest BCUT2D eigenvalue weighted by Gasteiger charge is 2.41. The van der Waals surface area contributed by atoms with Crippen LogP contribution in [0.1, 0.15) is 57.8 Å². The van der Waals surface area contributed by atoms with Crippen molar-refractivity contribution in [3.8, 4) is 0 Å². The highest BCUT2D eigenvalue weighted by atomic mass is 16.4. The highest BCUT2D eigenvalue weighted by molar-refractivity contribution is 5.86. The van der Waals surface area contributed by atoms with Crippen molar-refractivity contribution in [2.45, 2.75) is 63.3 Å². The summed E-state index contributed by atoms with van der Waals surface area (Å²) >= 11 is 0. The van der Waals surface area contributed by atoms with Crippen LogP contribution in [-0.2, 0) is 4.79 Å². The molecule has 5 nitrogen and oxygen atoms in total. The van der Waals surface area contributed by atoms with Crippen LogP contribution < -0.4 is 5.32 Å². The number of carboxylic acids is 1. The monoisotopic (exact) mass is 282 g/mol. The van der Waals surface area contributed by atoms with Gasteiger partial charge in [-0.1, -0.05) is 32.1 Å². The summed E-state index contributed by atoms with van der Waals surface area (Å²) in [6, 6.07) is -0.235. The molecule has 114 valence electrons. The number of urea groups is 1. The van der Waals surface area contributed by atoms with Crippen LogP contribution in [-0.4, -0.2) is 41.1 Å². The van der Waals surface area contributed by atoms with Crippen LogP contribution in [0.2, 0.25) is 0 Å². The Bertz CT molecular complexity index is 358. The Balaban J connectivity index is 1.91. The van der Waals surface area contributed by atoms with Crippen LogP contribution in [0.3, 0.4) is 0 Å². The van der Waals surface area contributed by atoms with Crippen LogP contribution in [0.25, 0.3) is 0 Å². The first-order valence-corrected chi connectivity index (χ1v) is 7.80. The molecule has 2 amide bonds. The fourth-order valence-corrected chi connectivity index (χ4v) is 3.51. The van der Waals surface area contributed by atoms with Gasteiger partial charge in [0.2, 0.25) is 0 Å². The lowest BCUT2D eigenvalue weighted by atomic mass is 9.82. The minimum absolute atomic E-state index is 0.235. The standard InChI is InChI=1S/C15H26N2O3/c1-17(11-12-7-3-4-8-12)14(20)16-15(13(18)19)9-5-2-6-10-15/h12H,2-11H2,1H3,(H,16,20)(H,18,19). The van der Waals surface area contributed by atoms with Gasteiger partial charge >= 0.3 is 12.0 Å². The molecule has 2 N–H and O–H groups in total. The second-order valence-corrected chi connectivity index (χ2v) is 6.41. The molecule has 2 rings (SSSR count). The second kappa shape index (κ2) is 6.46. The molecule has 20 heavy (non-hydrogen) atoms. The largest absolute Gasteiger partial charge is 0.480 e. The summed E-state index contributed by atoms with van der Waals surface area (Å²) in [7, 11) is 1.77. The molecule has 0 unspecified atom stereocenters. The van der Waals surface area contributed by atoms with Crippen LogP contribution in [0.15, 0.2) is 0 Å². The molecule has 0 heterocycles. The zero-order valence-electron chi connectivity index (χ0n) is 12.4. The zero-order valence-corrected chi connectivity index (χ0v) is 12.4. The first-order valence-electron chi connectivity index (χ1n) is 7.80. The van der Waals surface area contributed by atoms with Crippen LogP contribution >= 0.6 is 0 Å². The van der Waals surface area contributed by atoms with Crippen molar-refractivity contribution in [3.63, 3.8) is 0 Å². The minimum atomic E-state index is -1.04. The van der Waals surface area contributed by atoms with E-state index >= 15 is 0 Å². The molecule has 2 aliphatic carbocycles. The number of hydrogen-bond acceptors (Lipinski definition) is 2. The maximum atomic E-state index is 12.3. The van der Waals surface area contributed by atoms with Crippen LogP contribution in [0.4, 0.5) is 4.79 Å². The first-order chi connectivity index (χ1) is 9.53. The van der Waals surface area contributed by atoms with Gasteiger partial charge in [0.05, 0.1) is 0 Å². The van der Waals surface area contributed by atoms with E-state index in [9.17, 15) is 14.7 Å². The summed E-state index contributed by atoms with van der Waals surface area (Å²) in [5, 5.41) is 12.3. The average molecular weight is 282 g/mol. The first kappa shape index (κ1) is 15.1. The van der Waals surface area contributed by atoms with E-state index in [1.54, 1.807) is 11.9 Å². The molecule has 0 aromatic heterocycles. The summed E-state index contributed by atoms with van der Waals surface area (Å²) in [4.78, 5) is 25.5. The smallest absolute Gasteiger partial charge is 0.329 e. The van der Waals surface area contributed by atoms with E-state index in [0.717, 1.165) is 25.8 Å². The number of rotatable bonds is 4. The third-order valence-electron chi connectivity index (χ3n) is 4.82. The van der Waals surface area contributed by atoms with E-state index in [-0.39, 0.29) is 6.03 Å². The van der Waals surface area contributed by atoms with E-state index in [1.807, 2.05) is 0 Å². The molecule has 0 aromatic rings. The molecule has 0 bridgehead atoms. The fraction of sp³-hybridized carbons (Fsp3) is 0.867. The summed E-state index contributed by atoms with van der Waals surface area (Å²) in [6.07, 6.45) is 8.76.